The third-order valence-electron chi connectivity index (χ3n) is 1.58. The summed E-state index contributed by atoms with van der Waals surface area (Å²) in [5.41, 5.74) is 0.205. The van der Waals surface area contributed by atoms with E-state index in [4.69, 9.17) is 0 Å². The summed E-state index contributed by atoms with van der Waals surface area (Å²) in [5, 5.41) is 0. The van der Waals surface area contributed by atoms with Gasteiger partial charge in [-0.15, -0.1) is 0 Å². The number of methoxy groups -OCH3 is 1. The van der Waals surface area contributed by atoms with Crippen molar-refractivity contribution in [1.82, 2.24) is 0 Å². The number of alkyl halides is 2. The van der Waals surface area contributed by atoms with Crippen LogP contribution in [0.5, 0.6) is 5.75 Å². The minimum absolute atomic E-state index is 0.0338. The van der Waals surface area contributed by atoms with Gasteiger partial charge in [0.25, 0.3) is 0 Å². The number of carbonyl (C=O) groups is 1. The van der Waals surface area contributed by atoms with Gasteiger partial charge in [0, 0.05) is 0 Å². The molecule has 0 aliphatic carbocycles. The molecule has 0 bridgehead atoms. The molecule has 0 aromatic heterocycles. The van der Waals surface area contributed by atoms with Crippen molar-refractivity contribution in [2.75, 3.05) is 7.11 Å². The van der Waals surface area contributed by atoms with Gasteiger partial charge in [0.05, 0.1) is 16.2 Å². The Morgan fingerprint density at radius 3 is 2.67 bits per heavy atom. The van der Waals surface area contributed by atoms with E-state index in [-0.39, 0.29) is 11.3 Å². The molecule has 0 radical (unpaired) electrons. The summed E-state index contributed by atoms with van der Waals surface area (Å²) in [5.74, 6) is -0.618. The average molecular weight is 328 g/mol. The van der Waals surface area contributed by atoms with Crippen molar-refractivity contribution in [1.29, 1.82) is 0 Å². The highest BCUT2D eigenvalue weighted by atomic mass is 127. The van der Waals surface area contributed by atoms with Crippen LogP contribution in [0.15, 0.2) is 18.2 Å². The summed E-state index contributed by atoms with van der Waals surface area (Å²) in [4.78, 5) is 11.2. The smallest absolute Gasteiger partial charge is 0.387 e. The minimum Gasteiger partial charge on any atom is -0.465 e. The highest BCUT2D eigenvalue weighted by molar-refractivity contribution is 14.1. The molecule has 15 heavy (non-hydrogen) atoms. The predicted molar refractivity (Wildman–Crippen MR) is 57.1 cm³/mol. The molecule has 0 heterocycles. The van der Waals surface area contributed by atoms with E-state index in [0.717, 1.165) is 0 Å². The SMILES string of the molecule is COC(=O)c1cccc(OC(F)F)c1I. The highest BCUT2D eigenvalue weighted by Crippen LogP contribution is 2.26. The third-order valence-corrected chi connectivity index (χ3v) is 2.70. The first-order chi connectivity index (χ1) is 7.06. The van der Waals surface area contributed by atoms with Crippen LogP contribution < -0.4 is 4.74 Å². The van der Waals surface area contributed by atoms with E-state index < -0.39 is 12.6 Å². The number of hydrogen-bond donors (Lipinski definition) is 0. The molecule has 0 saturated heterocycles. The Morgan fingerprint density at radius 2 is 2.13 bits per heavy atom. The molecular weight excluding hydrogens is 321 g/mol. The van der Waals surface area contributed by atoms with Crippen LogP contribution in [-0.4, -0.2) is 19.7 Å². The van der Waals surface area contributed by atoms with Gasteiger partial charge in [-0.1, -0.05) is 6.07 Å². The Labute approximate surface area is 98.5 Å². The van der Waals surface area contributed by atoms with E-state index in [1.165, 1.54) is 25.3 Å². The molecule has 3 nitrogen and oxygen atoms in total. The summed E-state index contributed by atoms with van der Waals surface area (Å²) in [6.45, 7) is -2.91. The second-order valence-electron chi connectivity index (χ2n) is 2.49. The molecule has 0 spiro atoms. The minimum atomic E-state index is -2.91. The molecule has 0 aliphatic rings. The van der Waals surface area contributed by atoms with Gasteiger partial charge in [0.15, 0.2) is 0 Å². The van der Waals surface area contributed by atoms with Crippen molar-refractivity contribution in [3.63, 3.8) is 0 Å². The summed E-state index contributed by atoms with van der Waals surface area (Å²) >= 11 is 1.75. The van der Waals surface area contributed by atoms with Gasteiger partial charge in [0.2, 0.25) is 0 Å². The second-order valence-corrected chi connectivity index (χ2v) is 3.57. The number of carbonyl (C=O) groups excluding carboxylic acids is 1. The zero-order chi connectivity index (χ0) is 11.4. The summed E-state index contributed by atoms with van der Waals surface area (Å²) < 4.78 is 33.0. The lowest BCUT2D eigenvalue weighted by molar-refractivity contribution is -0.0505. The standard InChI is InChI=1S/C9H7F2IO3/c1-14-8(13)5-3-2-4-6(7(5)12)15-9(10)11/h2-4,9H,1H3. The molecule has 0 atom stereocenters. The molecule has 1 aromatic carbocycles. The number of hydrogen-bond acceptors (Lipinski definition) is 3. The van der Waals surface area contributed by atoms with E-state index in [1.807, 2.05) is 0 Å². The molecule has 0 unspecified atom stereocenters. The van der Waals surface area contributed by atoms with Crippen LogP contribution in [0.1, 0.15) is 10.4 Å². The summed E-state index contributed by atoms with van der Waals surface area (Å²) in [6, 6.07) is 4.29. The Hall–Kier alpha value is -0.920. The van der Waals surface area contributed by atoms with Gasteiger partial charge < -0.3 is 9.47 Å². The van der Waals surface area contributed by atoms with Gasteiger partial charge in [-0.05, 0) is 34.7 Å². The van der Waals surface area contributed by atoms with Crippen LogP contribution in [0.25, 0.3) is 0 Å². The summed E-state index contributed by atoms with van der Waals surface area (Å²) in [7, 11) is 1.22. The molecule has 1 aromatic rings. The van der Waals surface area contributed by atoms with Gasteiger partial charge >= 0.3 is 12.6 Å². The Balaban J connectivity index is 3.05. The number of ether oxygens (including phenoxy) is 2. The van der Waals surface area contributed by atoms with Crippen LogP contribution in [0.4, 0.5) is 8.78 Å². The maximum absolute atomic E-state index is 12.0. The van der Waals surface area contributed by atoms with Crippen molar-refractivity contribution in [2.24, 2.45) is 0 Å². The third kappa shape index (κ3) is 3.01. The molecule has 0 N–H and O–H groups in total. The number of esters is 1. The van der Waals surface area contributed by atoms with Crippen LogP contribution in [0.3, 0.4) is 0 Å². The predicted octanol–water partition coefficient (Wildman–Crippen LogP) is 2.68. The number of rotatable bonds is 3. The lowest BCUT2D eigenvalue weighted by Gasteiger charge is -2.09. The molecular formula is C9H7F2IO3. The normalized spacial score (nSPS) is 10.2. The molecule has 0 saturated carbocycles. The zero-order valence-corrected chi connectivity index (χ0v) is 9.83. The van der Waals surface area contributed by atoms with E-state index in [9.17, 15) is 13.6 Å². The van der Waals surface area contributed by atoms with Crippen LogP contribution in [-0.2, 0) is 4.74 Å². The highest BCUT2D eigenvalue weighted by Gasteiger charge is 2.15. The fraction of sp³-hybridized carbons (Fsp3) is 0.222. The topological polar surface area (TPSA) is 35.5 Å². The lowest BCUT2D eigenvalue weighted by Crippen LogP contribution is -2.08. The molecule has 0 amide bonds. The Morgan fingerprint density at radius 1 is 1.47 bits per heavy atom. The van der Waals surface area contributed by atoms with Crippen molar-refractivity contribution < 1.29 is 23.0 Å². The zero-order valence-electron chi connectivity index (χ0n) is 7.67. The molecule has 1 rings (SSSR count). The lowest BCUT2D eigenvalue weighted by atomic mass is 10.2. The average Bonchev–Trinajstić information content (AvgIpc) is 2.19. The fourth-order valence-electron chi connectivity index (χ4n) is 0.965. The Kier molecular flexibility index (Phi) is 4.25. The van der Waals surface area contributed by atoms with Crippen LogP contribution in [0, 0.1) is 3.57 Å². The number of benzene rings is 1. The molecule has 6 heteroatoms. The molecule has 0 aliphatic heterocycles. The van der Waals surface area contributed by atoms with E-state index in [1.54, 1.807) is 22.6 Å². The van der Waals surface area contributed by atoms with Crippen molar-refractivity contribution >= 4 is 28.6 Å². The first-order valence-electron chi connectivity index (χ1n) is 3.88. The van der Waals surface area contributed by atoms with Gasteiger partial charge in [-0.2, -0.15) is 8.78 Å². The largest absolute Gasteiger partial charge is 0.465 e. The quantitative estimate of drug-likeness (QED) is 0.632. The first-order valence-corrected chi connectivity index (χ1v) is 4.95. The van der Waals surface area contributed by atoms with Gasteiger partial charge in [-0.25, -0.2) is 4.79 Å². The van der Waals surface area contributed by atoms with Gasteiger partial charge in [0.1, 0.15) is 5.75 Å². The maximum Gasteiger partial charge on any atom is 0.387 e. The van der Waals surface area contributed by atoms with Crippen LogP contribution in [0.2, 0.25) is 0 Å². The second kappa shape index (κ2) is 5.24. The monoisotopic (exact) mass is 328 g/mol. The molecule has 82 valence electrons. The van der Waals surface area contributed by atoms with Crippen LogP contribution >= 0.6 is 22.6 Å². The van der Waals surface area contributed by atoms with E-state index in [2.05, 4.69) is 9.47 Å². The molecule has 0 fully saturated rings. The van der Waals surface area contributed by atoms with Crippen molar-refractivity contribution in [3.05, 3.63) is 27.3 Å². The maximum atomic E-state index is 12.0. The van der Waals surface area contributed by atoms with Gasteiger partial charge in [-0.3, -0.25) is 0 Å². The van der Waals surface area contributed by atoms with E-state index in [0.29, 0.717) is 3.57 Å². The van der Waals surface area contributed by atoms with Crippen molar-refractivity contribution in [2.45, 2.75) is 6.61 Å². The van der Waals surface area contributed by atoms with Crippen molar-refractivity contribution in [3.8, 4) is 5.75 Å². The first kappa shape index (κ1) is 12.2. The van der Waals surface area contributed by atoms with E-state index >= 15 is 0 Å². The summed E-state index contributed by atoms with van der Waals surface area (Å²) in [6.07, 6.45) is 0. The Bertz CT molecular complexity index is 368. The number of halogens is 3. The fourth-order valence-corrected chi connectivity index (χ4v) is 1.67.